The number of carbonyl (C=O) groups excluding carboxylic acids is 1. The molecule has 1 unspecified atom stereocenters. The maximum atomic E-state index is 12.9. The van der Waals surface area contributed by atoms with E-state index in [1.165, 1.54) is 25.0 Å². The van der Waals surface area contributed by atoms with Crippen molar-refractivity contribution in [2.24, 2.45) is 11.7 Å². The molecule has 0 bridgehead atoms. The molecule has 1 aromatic rings. The van der Waals surface area contributed by atoms with Crippen LogP contribution in [0.15, 0.2) is 24.3 Å². The lowest BCUT2D eigenvalue weighted by atomic mass is 9.98. The van der Waals surface area contributed by atoms with Gasteiger partial charge in [-0.1, -0.05) is 25.0 Å². The van der Waals surface area contributed by atoms with Crippen molar-refractivity contribution < 1.29 is 9.18 Å². The molecular formula is C16H23FN2O. The molecule has 1 heterocycles. The second-order valence-corrected chi connectivity index (χ2v) is 5.50. The van der Waals surface area contributed by atoms with Gasteiger partial charge in [-0.3, -0.25) is 4.79 Å². The molecule has 0 saturated carbocycles. The lowest BCUT2D eigenvalue weighted by molar-refractivity contribution is -0.135. The molecule has 110 valence electrons. The van der Waals surface area contributed by atoms with Crippen LogP contribution in [0.1, 0.15) is 31.2 Å². The molecule has 0 radical (unpaired) electrons. The summed E-state index contributed by atoms with van der Waals surface area (Å²) in [6, 6.07) is 6.32. The number of nitrogens with two attached hydrogens (primary N) is 1. The second-order valence-electron chi connectivity index (χ2n) is 5.50. The standard InChI is InChI=1S/C16H23FN2O/c17-15-7-5-13(6-8-15)11-14(12-18)16(20)19-9-3-1-2-4-10-19/h5-8,14H,1-4,9-12,18H2. The minimum Gasteiger partial charge on any atom is -0.342 e. The van der Waals surface area contributed by atoms with Crippen LogP contribution in [0.2, 0.25) is 0 Å². The lowest BCUT2D eigenvalue weighted by Crippen LogP contribution is -2.40. The summed E-state index contributed by atoms with van der Waals surface area (Å²) in [5.41, 5.74) is 6.74. The number of nitrogens with zero attached hydrogens (tertiary/aromatic N) is 1. The van der Waals surface area contributed by atoms with Gasteiger partial charge in [0.2, 0.25) is 5.91 Å². The summed E-state index contributed by atoms with van der Waals surface area (Å²) >= 11 is 0. The molecular weight excluding hydrogens is 255 g/mol. The van der Waals surface area contributed by atoms with Gasteiger partial charge in [-0.2, -0.15) is 0 Å². The van der Waals surface area contributed by atoms with Crippen LogP contribution < -0.4 is 5.73 Å². The Morgan fingerprint density at radius 1 is 1.15 bits per heavy atom. The quantitative estimate of drug-likeness (QED) is 0.919. The van der Waals surface area contributed by atoms with Crippen LogP contribution in [-0.4, -0.2) is 30.4 Å². The molecule has 1 fully saturated rings. The van der Waals surface area contributed by atoms with E-state index in [2.05, 4.69) is 0 Å². The van der Waals surface area contributed by atoms with E-state index >= 15 is 0 Å². The number of carbonyl (C=O) groups is 1. The molecule has 1 aliphatic heterocycles. The lowest BCUT2D eigenvalue weighted by Gasteiger charge is -2.25. The predicted molar refractivity (Wildman–Crippen MR) is 77.7 cm³/mol. The molecule has 2 rings (SSSR count). The summed E-state index contributed by atoms with van der Waals surface area (Å²) in [6.45, 7) is 2.03. The third kappa shape index (κ3) is 4.04. The SMILES string of the molecule is NCC(Cc1ccc(F)cc1)C(=O)N1CCCCCC1. The number of benzene rings is 1. The Morgan fingerprint density at radius 2 is 1.75 bits per heavy atom. The fourth-order valence-electron chi connectivity index (χ4n) is 2.73. The number of rotatable bonds is 4. The van der Waals surface area contributed by atoms with Crippen LogP contribution in [-0.2, 0) is 11.2 Å². The van der Waals surface area contributed by atoms with Gasteiger partial charge in [-0.15, -0.1) is 0 Å². The van der Waals surface area contributed by atoms with E-state index in [0.29, 0.717) is 13.0 Å². The van der Waals surface area contributed by atoms with Gasteiger partial charge >= 0.3 is 0 Å². The maximum absolute atomic E-state index is 12.9. The summed E-state index contributed by atoms with van der Waals surface area (Å²) in [7, 11) is 0. The van der Waals surface area contributed by atoms with Gasteiger partial charge in [0.1, 0.15) is 5.82 Å². The highest BCUT2D eigenvalue weighted by atomic mass is 19.1. The van der Waals surface area contributed by atoms with Crippen LogP contribution in [0.5, 0.6) is 0 Å². The van der Waals surface area contributed by atoms with E-state index in [0.717, 1.165) is 31.5 Å². The average molecular weight is 278 g/mol. The summed E-state index contributed by atoms with van der Waals surface area (Å²) in [4.78, 5) is 14.5. The van der Waals surface area contributed by atoms with Crippen LogP contribution in [0.3, 0.4) is 0 Å². The van der Waals surface area contributed by atoms with Crippen molar-refractivity contribution >= 4 is 5.91 Å². The summed E-state index contributed by atoms with van der Waals surface area (Å²) in [5.74, 6) is -0.297. The van der Waals surface area contributed by atoms with Crippen molar-refractivity contribution in [3.8, 4) is 0 Å². The monoisotopic (exact) mass is 278 g/mol. The summed E-state index contributed by atoms with van der Waals surface area (Å²) < 4.78 is 12.9. The Bertz CT molecular complexity index is 425. The molecule has 0 aromatic heterocycles. The second kappa shape index (κ2) is 7.39. The average Bonchev–Trinajstić information content (AvgIpc) is 2.75. The molecule has 1 saturated heterocycles. The van der Waals surface area contributed by atoms with E-state index in [4.69, 9.17) is 5.73 Å². The topological polar surface area (TPSA) is 46.3 Å². The molecule has 1 aromatic carbocycles. The minimum atomic E-state index is -0.253. The predicted octanol–water partition coefficient (Wildman–Crippen LogP) is 2.35. The Labute approximate surface area is 120 Å². The van der Waals surface area contributed by atoms with Crippen molar-refractivity contribution in [1.29, 1.82) is 0 Å². The molecule has 2 N–H and O–H groups in total. The number of likely N-dealkylation sites (tertiary alicyclic amines) is 1. The molecule has 0 spiro atoms. The van der Waals surface area contributed by atoms with E-state index in [1.54, 1.807) is 12.1 Å². The van der Waals surface area contributed by atoms with E-state index < -0.39 is 0 Å². The smallest absolute Gasteiger partial charge is 0.227 e. The Hall–Kier alpha value is -1.42. The van der Waals surface area contributed by atoms with Crippen LogP contribution in [0.4, 0.5) is 4.39 Å². The fraction of sp³-hybridized carbons (Fsp3) is 0.562. The zero-order valence-corrected chi connectivity index (χ0v) is 11.9. The number of halogens is 1. The Balaban J connectivity index is 1.99. The Kier molecular flexibility index (Phi) is 5.53. The molecule has 1 amide bonds. The van der Waals surface area contributed by atoms with Crippen molar-refractivity contribution in [3.05, 3.63) is 35.6 Å². The zero-order chi connectivity index (χ0) is 14.4. The molecule has 1 atom stereocenters. The van der Waals surface area contributed by atoms with Gasteiger partial charge in [0.25, 0.3) is 0 Å². The molecule has 4 heteroatoms. The van der Waals surface area contributed by atoms with Gasteiger partial charge in [0.05, 0.1) is 5.92 Å². The Morgan fingerprint density at radius 3 is 2.30 bits per heavy atom. The van der Waals surface area contributed by atoms with Gasteiger partial charge in [0.15, 0.2) is 0 Å². The number of hydrogen-bond donors (Lipinski definition) is 1. The number of hydrogen-bond acceptors (Lipinski definition) is 2. The highest BCUT2D eigenvalue weighted by molar-refractivity contribution is 5.79. The highest BCUT2D eigenvalue weighted by Gasteiger charge is 2.24. The summed E-state index contributed by atoms with van der Waals surface area (Å²) in [6.07, 6.45) is 5.16. The van der Waals surface area contributed by atoms with Crippen molar-refractivity contribution in [2.75, 3.05) is 19.6 Å². The van der Waals surface area contributed by atoms with Crippen molar-refractivity contribution in [1.82, 2.24) is 4.90 Å². The highest BCUT2D eigenvalue weighted by Crippen LogP contribution is 2.16. The normalized spacial score (nSPS) is 17.6. The van der Waals surface area contributed by atoms with E-state index in [1.807, 2.05) is 4.90 Å². The zero-order valence-electron chi connectivity index (χ0n) is 11.9. The van der Waals surface area contributed by atoms with Crippen LogP contribution >= 0.6 is 0 Å². The fourth-order valence-corrected chi connectivity index (χ4v) is 2.73. The van der Waals surface area contributed by atoms with E-state index in [-0.39, 0.29) is 17.6 Å². The first-order valence-corrected chi connectivity index (χ1v) is 7.44. The molecule has 1 aliphatic rings. The first-order chi connectivity index (χ1) is 9.70. The van der Waals surface area contributed by atoms with Crippen LogP contribution in [0, 0.1) is 11.7 Å². The van der Waals surface area contributed by atoms with E-state index in [9.17, 15) is 9.18 Å². The maximum Gasteiger partial charge on any atom is 0.227 e. The van der Waals surface area contributed by atoms with Gasteiger partial charge < -0.3 is 10.6 Å². The van der Waals surface area contributed by atoms with Gasteiger partial charge in [0, 0.05) is 19.6 Å². The van der Waals surface area contributed by atoms with Gasteiger partial charge in [-0.05, 0) is 37.0 Å². The molecule has 20 heavy (non-hydrogen) atoms. The van der Waals surface area contributed by atoms with Crippen molar-refractivity contribution in [2.45, 2.75) is 32.1 Å². The summed E-state index contributed by atoms with van der Waals surface area (Å²) in [5, 5.41) is 0. The van der Waals surface area contributed by atoms with Crippen molar-refractivity contribution in [3.63, 3.8) is 0 Å². The first kappa shape index (κ1) is 15.0. The minimum absolute atomic E-state index is 0.152. The third-order valence-electron chi connectivity index (χ3n) is 3.95. The first-order valence-electron chi connectivity index (χ1n) is 7.44. The van der Waals surface area contributed by atoms with Gasteiger partial charge in [-0.25, -0.2) is 4.39 Å². The molecule has 3 nitrogen and oxygen atoms in total. The molecule has 0 aliphatic carbocycles. The van der Waals surface area contributed by atoms with Crippen LogP contribution in [0.25, 0.3) is 0 Å². The third-order valence-corrected chi connectivity index (χ3v) is 3.95. The largest absolute Gasteiger partial charge is 0.342 e. The number of amides is 1.